The average molecular weight is 291 g/mol. The fraction of sp³-hybridized carbons (Fsp3) is 0. The lowest BCUT2D eigenvalue weighted by Crippen LogP contribution is -2.13. The molecule has 0 radical (unpaired) electrons. The monoisotopic (exact) mass is 290 g/mol. The van der Waals surface area contributed by atoms with Crippen molar-refractivity contribution in [3.05, 3.63) is 63.3 Å². The number of hydrogen-bond acceptors (Lipinski definition) is 3. The predicted octanol–water partition coefficient (Wildman–Crippen LogP) is 3.57. The van der Waals surface area contributed by atoms with Gasteiger partial charge in [-0.1, -0.05) is 29.8 Å². The van der Waals surface area contributed by atoms with Gasteiger partial charge in [0.05, 0.1) is 6.21 Å². The van der Waals surface area contributed by atoms with E-state index in [0.717, 1.165) is 10.4 Å². The van der Waals surface area contributed by atoms with Crippen molar-refractivity contribution in [1.82, 2.24) is 5.43 Å². The molecule has 0 bridgehead atoms. The molecule has 1 aromatic carbocycles. The van der Waals surface area contributed by atoms with Crippen molar-refractivity contribution >= 4 is 41.1 Å². The number of thiophene rings is 1. The van der Waals surface area contributed by atoms with Gasteiger partial charge in [-0.3, -0.25) is 4.79 Å². The van der Waals surface area contributed by atoms with E-state index < -0.39 is 0 Å². The summed E-state index contributed by atoms with van der Waals surface area (Å²) in [5.41, 5.74) is 3.33. The quantitative estimate of drug-likeness (QED) is 0.522. The van der Waals surface area contributed by atoms with Gasteiger partial charge in [-0.05, 0) is 35.2 Å². The molecule has 0 atom stereocenters. The van der Waals surface area contributed by atoms with Gasteiger partial charge in [-0.15, -0.1) is 11.3 Å². The number of amides is 1. The minimum Gasteiger partial charge on any atom is -0.268 e. The van der Waals surface area contributed by atoms with E-state index in [0.29, 0.717) is 5.02 Å². The van der Waals surface area contributed by atoms with E-state index in [1.54, 1.807) is 35.8 Å². The van der Waals surface area contributed by atoms with Crippen molar-refractivity contribution in [3.8, 4) is 0 Å². The Morgan fingerprint density at radius 3 is 2.74 bits per heavy atom. The lowest BCUT2D eigenvalue weighted by molar-refractivity contribution is -0.116. The van der Waals surface area contributed by atoms with Gasteiger partial charge in [0.15, 0.2) is 0 Å². The minimum atomic E-state index is -0.275. The summed E-state index contributed by atoms with van der Waals surface area (Å²) < 4.78 is 0. The first kappa shape index (κ1) is 13.5. The third kappa shape index (κ3) is 4.69. The summed E-state index contributed by atoms with van der Waals surface area (Å²) in [6.45, 7) is 0. The molecule has 0 aliphatic rings. The summed E-state index contributed by atoms with van der Waals surface area (Å²) in [6, 6.07) is 11.1. The summed E-state index contributed by atoms with van der Waals surface area (Å²) in [6.07, 6.45) is 4.74. The van der Waals surface area contributed by atoms with Crippen molar-refractivity contribution in [2.24, 2.45) is 5.10 Å². The van der Waals surface area contributed by atoms with Crippen LogP contribution in [0.2, 0.25) is 5.02 Å². The maximum Gasteiger partial charge on any atom is 0.264 e. The molecule has 1 N–H and O–H groups in total. The molecular weight excluding hydrogens is 280 g/mol. The van der Waals surface area contributed by atoms with Crippen LogP contribution in [0, 0.1) is 0 Å². The van der Waals surface area contributed by atoms with Crippen LogP contribution in [0.1, 0.15) is 10.4 Å². The lowest BCUT2D eigenvalue weighted by atomic mass is 10.2. The molecule has 0 fully saturated rings. The third-order valence-corrected chi connectivity index (χ3v) is 3.27. The molecule has 19 heavy (non-hydrogen) atoms. The van der Waals surface area contributed by atoms with Crippen molar-refractivity contribution in [3.63, 3.8) is 0 Å². The maximum absolute atomic E-state index is 11.5. The van der Waals surface area contributed by atoms with Crippen LogP contribution in [0.5, 0.6) is 0 Å². The van der Waals surface area contributed by atoms with Gasteiger partial charge in [0.25, 0.3) is 5.91 Å². The first-order valence-corrected chi connectivity index (χ1v) is 6.80. The maximum atomic E-state index is 11.5. The summed E-state index contributed by atoms with van der Waals surface area (Å²) >= 11 is 7.33. The van der Waals surface area contributed by atoms with Crippen molar-refractivity contribution in [1.29, 1.82) is 0 Å². The van der Waals surface area contributed by atoms with E-state index in [9.17, 15) is 4.79 Å². The molecule has 2 rings (SSSR count). The Balaban J connectivity index is 1.85. The standard InChI is InChI=1S/C14H11ClN2OS/c15-12-6-3-11(4-7-12)5-8-14(18)17-16-10-13-2-1-9-19-13/h1-10H,(H,17,18)/b8-5+,16-10+. The smallest absolute Gasteiger partial charge is 0.264 e. The Bertz CT molecular complexity index is 588. The van der Waals surface area contributed by atoms with Gasteiger partial charge < -0.3 is 0 Å². The number of nitrogens with zero attached hydrogens (tertiary/aromatic N) is 1. The number of hydrogen-bond donors (Lipinski definition) is 1. The van der Waals surface area contributed by atoms with E-state index in [1.165, 1.54) is 6.08 Å². The topological polar surface area (TPSA) is 41.5 Å². The SMILES string of the molecule is O=C(/C=C/c1ccc(Cl)cc1)N/N=C/c1cccs1. The number of halogens is 1. The van der Waals surface area contributed by atoms with E-state index >= 15 is 0 Å². The molecule has 1 aromatic heterocycles. The van der Waals surface area contributed by atoms with Gasteiger partial charge in [0, 0.05) is 16.0 Å². The van der Waals surface area contributed by atoms with Crippen molar-refractivity contribution in [2.45, 2.75) is 0 Å². The Labute approximate surface area is 120 Å². The predicted molar refractivity (Wildman–Crippen MR) is 80.5 cm³/mol. The molecule has 0 unspecified atom stereocenters. The van der Waals surface area contributed by atoms with Gasteiger partial charge in [0.1, 0.15) is 0 Å². The van der Waals surface area contributed by atoms with Crippen LogP contribution in [-0.2, 0) is 4.79 Å². The van der Waals surface area contributed by atoms with Crippen molar-refractivity contribution in [2.75, 3.05) is 0 Å². The molecular formula is C14H11ClN2OS. The second-order valence-electron chi connectivity index (χ2n) is 3.63. The lowest BCUT2D eigenvalue weighted by Gasteiger charge is -1.94. The molecule has 1 amide bonds. The average Bonchev–Trinajstić information content (AvgIpc) is 2.91. The molecule has 2 aromatic rings. The van der Waals surface area contributed by atoms with Crippen LogP contribution in [0.25, 0.3) is 6.08 Å². The Hall–Kier alpha value is -1.91. The number of carbonyl (C=O) groups excluding carboxylic acids is 1. The van der Waals surface area contributed by atoms with Gasteiger partial charge in [-0.25, -0.2) is 5.43 Å². The molecule has 1 heterocycles. The van der Waals surface area contributed by atoms with Crippen LogP contribution in [0.3, 0.4) is 0 Å². The first-order valence-electron chi connectivity index (χ1n) is 5.54. The van der Waals surface area contributed by atoms with Crippen LogP contribution < -0.4 is 5.43 Å². The highest BCUT2D eigenvalue weighted by Crippen LogP contribution is 2.10. The van der Waals surface area contributed by atoms with Crippen LogP contribution >= 0.6 is 22.9 Å². The zero-order valence-corrected chi connectivity index (χ0v) is 11.5. The molecule has 0 spiro atoms. The summed E-state index contributed by atoms with van der Waals surface area (Å²) in [7, 11) is 0. The molecule has 0 saturated heterocycles. The zero-order valence-electron chi connectivity index (χ0n) is 9.92. The van der Waals surface area contributed by atoms with E-state index in [-0.39, 0.29) is 5.91 Å². The largest absolute Gasteiger partial charge is 0.268 e. The van der Waals surface area contributed by atoms with E-state index in [1.807, 2.05) is 29.6 Å². The second kappa shape index (κ2) is 6.87. The van der Waals surface area contributed by atoms with Crippen LogP contribution in [0.15, 0.2) is 53.0 Å². The molecule has 0 aliphatic carbocycles. The summed E-state index contributed by atoms with van der Waals surface area (Å²) in [5, 5.41) is 6.47. The number of carbonyl (C=O) groups is 1. The Kier molecular flexibility index (Phi) is 4.89. The number of benzene rings is 1. The second-order valence-corrected chi connectivity index (χ2v) is 5.05. The molecule has 0 aliphatic heterocycles. The Morgan fingerprint density at radius 1 is 1.26 bits per heavy atom. The molecule has 96 valence electrons. The van der Waals surface area contributed by atoms with Crippen LogP contribution in [-0.4, -0.2) is 12.1 Å². The Morgan fingerprint density at radius 2 is 2.05 bits per heavy atom. The number of nitrogens with one attached hydrogen (secondary N) is 1. The van der Waals surface area contributed by atoms with E-state index in [4.69, 9.17) is 11.6 Å². The van der Waals surface area contributed by atoms with E-state index in [2.05, 4.69) is 10.5 Å². The van der Waals surface area contributed by atoms with Gasteiger partial charge in [0.2, 0.25) is 0 Å². The molecule has 0 saturated carbocycles. The highest BCUT2D eigenvalue weighted by Gasteiger charge is 1.93. The van der Waals surface area contributed by atoms with Gasteiger partial charge in [-0.2, -0.15) is 5.10 Å². The van der Waals surface area contributed by atoms with Crippen LogP contribution in [0.4, 0.5) is 0 Å². The first-order chi connectivity index (χ1) is 9.24. The fourth-order valence-electron chi connectivity index (χ4n) is 1.31. The third-order valence-electron chi connectivity index (χ3n) is 2.21. The number of rotatable bonds is 4. The van der Waals surface area contributed by atoms with Gasteiger partial charge >= 0.3 is 0 Å². The highest BCUT2D eigenvalue weighted by molar-refractivity contribution is 7.11. The summed E-state index contributed by atoms with van der Waals surface area (Å²) in [5.74, 6) is -0.275. The summed E-state index contributed by atoms with van der Waals surface area (Å²) in [4.78, 5) is 12.5. The minimum absolute atomic E-state index is 0.275. The molecule has 5 heteroatoms. The number of hydrazone groups is 1. The highest BCUT2D eigenvalue weighted by atomic mass is 35.5. The zero-order chi connectivity index (χ0) is 13.5. The fourth-order valence-corrected chi connectivity index (χ4v) is 2.02. The normalized spacial score (nSPS) is 11.2. The molecule has 3 nitrogen and oxygen atoms in total. The van der Waals surface area contributed by atoms with Crippen molar-refractivity contribution < 1.29 is 4.79 Å².